The average Bonchev–Trinajstić information content (AvgIpc) is 3.69. The largest absolute Gasteiger partial charge is 0.208 e. The van der Waals surface area contributed by atoms with Gasteiger partial charge in [0.1, 0.15) is 0 Å². The predicted molar refractivity (Wildman–Crippen MR) is 205 cm³/mol. The SMILES string of the molecule is [2H]c1c([2H])c([2H])c(-c2c([2H])c(-c3nc(-c4ccc(-c5ccccc5)cc4)nc(-c4ccc(-c5ccccc5)cc4)n3)c3sc4c([2H])c([2H])c([2H])c([2H])c4c3c2[2H])c([2H])c1[2H]. The summed E-state index contributed by atoms with van der Waals surface area (Å²) in [6.07, 6.45) is 0. The standard InChI is InChI=1S/C45H29N3S/c1-4-12-30(13-5-1)33-20-24-35(25-21-33)43-46-44(36-26-22-34(23-27-36)31-14-6-2-7-15-31)48-45(47-43)40-29-37(32-16-8-3-9-17-32)28-39-38-18-10-11-19-41(38)49-42(39)40/h1-29H/i3D,8D,9D,10D,11D,16D,17D,18D,19D,28D,29D. The topological polar surface area (TPSA) is 38.7 Å². The third-order valence-corrected chi connectivity index (χ3v) is 9.29. The van der Waals surface area contributed by atoms with E-state index in [4.69, 9.17) is 27.3 Å². The third-order valence-electron chi connectivity index (χ3n) is 8.17. The zero-order valence-electron chi connectivity index (χ0n) is 36.6. The van der Waals surface area contributed by atoms with Gasteiger partial charge < -0.3 is 0 Å². The first kappa shape index (κ1) is 19.6. The highest BCUT2D eigenvalue weighted by Gasteiger charge is 2.19. The Balaban J connectivity index is 1.37. The summed E-state index contributed by atoms with van der Waals surface area (Å²) >= 11 is 0.950. The molecule has 3 nitrogen and oxygen atoms in total. The fourth-order valence-electron chi connectivity index (χ4n) is 5.74. The molecule has 0 radical (unpaired) electrons. The fraction of sp³-hybridized carbons (Fsp3) is 0. The van der Waals surface area contributed by atoms with E-state index in [1.165, 1.54) is 0 Å². The van der Waals surface area contributed by atoms with Crippen LogP contribution in [-0.2, 0) is 0 Å². The van der Waals surface area contributed by atoms with Crippen molar-refractivity contribution in [2.75, 3.05) is 0 Å². The minimum atomic E-state index is -0.661. The van der Waals surface area contributed by atoms with Gasteiger partial charge in [0.25, 0.3) is 0 Å². The Morgan fingerprint density at radius 1 is 0.388 bits per heavy atom. The molecular formula is C45H29N3S. The molecule has 0 fully saturated rings. The van der Waals surface area contributed by atoms with E-state index in [0.29, 0.717) is 11.1 Å². The zero-order valence-corrected chi connectivity index (χ0v) is 26.5. The summed E-state index contributed by atoms with van der Waals surface area (Å²) < 4.78 is 97.2. The van der Waals surface area contributed by atoms with Crippen molar-refractivity contribution in [3.05, 3.63) is 176 Å². The Labute approximate surface area is 304 Å². The van der Waals surface area contributed by atoms with E-state index in [-0.39, 0.29) is 54.8 Å². The summed E-state index contributed by atoms with van der Waals surface area (Å²) in [4.78, 5) is 14.8. The van der Waals surface area contributed by atoms with Crippen LogP contribution in [0.1, 0.15) is 15.1 Å². The molecule has 4 heteroatoms. The van der Waals surface area contributed by atoms with E-state index in [2.05, 4.69) is 0 Å². The van der Waals surface area contributed by atoms with Gasteiger partial charge in [-0.25, -0.2) is 15.0 Å². The summed E-state index contributed by atoms with van der Waals surface area (Å²) in [5, 5.41) is 0.0149. The third kappa shape index (κ3) is 5.58. The molecule has 0 bridgehead atoms. The van der Waals surface area contributed by atoms with Crippen molar-refractivity contribution >= 4 is 31.5 Å². The maximum Gasteiger partial charge on any atom is 0.165 e. The highest BCUT2D eigenvalue weighted by Crippen LogP contribution is 2.42. The van der Waals surface area contributed by atoms with Gasteiger partial charge in [0.05, 0.1) is 15.1 Å². The number of thiophene rings is 1. The van der Waals surface area contributed by atoms with Crippen LogP contribution in [0.4, 0.5) is 0 Å². The van der Waals surface area contributed by atoms with E-state index in [1.54, 1.807) is 0 Å². The van der Waals surface area contributed by atoms with Crippen LogP contribution in [0.3, 0.4) is 0 Å². The van der Waals surface area contributed by atoms with Crippen molar-refractivity contribution in [2.24, 2.45) is 0 Å². The number of aromatic nitrogens is 3. The molecule has 2 aromatic heterocycles. The molecule has 0 N–H and O–H groups in total. The van der Waals surface area contributed by atoms with Gasteiger partial charge in [-0.15, -0.1) is 11.3 Å². The smallest absolute Gasteiger partial charge is 0.165 e. The van der Waals surface area contributed by atoms with Crippen molar-refractivity contribution in [2.45, 2.75) is 0 Å². The van der Waals surface area contributed by atoms with Gasteiger partial charge in [-0.05, 0) is 51.5 Å². The molecule has 0 aliphatic rings. The van der Waals surface area contributed by atoms with Crippen molar-refractivity contribution in [1.82, 2.24) is 15.0 Å². The van der Waals surface area contributed by atoms with Gasteiger partial charge in [0, 0.05) is 36.9 Å². The van der Waals surface area contributed by atoms with Crippen molar-refractivity contribution in [1.29, 1.82) is 0 Å². The normalized spacial score (nSPS) is 14.4. The minimum absolute atomic E-state index is 0.00312. The molecular weight excluding hydrogens is 615 g/mol. The van der Waals surface area contributed by atoms with Crippen molar-refractivity contribution in [3.8, 4) is 67.5 Å². The molecule has 9 rings (SSSR count). The van der Waals surface area contributed by atoms with Gasteiger partial charge >= 0.3 is 0 Å². The van der Waals surface area contributed by atoms with Crippen molar-refractivity contribution < 1.29 is 15.1 Å². The van der Waals surface area contributed by atoms with Crippen LogP contribution in [0.2, 0.25) is 0 Å². The first-order chi connectivity index (χ1) is 28.8. The number of hydrogen-bond donors (Lipinski definition) is 0. The molecule has 2 heterocycles. The van der Waals surface area contributed by atoms with Crippen molar-refractivity contribution in [3.63, 3.8) is 0 Å². The van der Waals surface area contributed by atoms with Gasteiger partial charge in [-0.2, -0.15) is 0 Å². The highest BCUT2D eigenvalue weighted by molar-refractivity contribution is 7.26. The molecule has 0 amide bonds. The maximum absolute atomic E-state index is 9.78. The lowest BCUT2D eigenvalue weighted by Crippen LogP contribution is -2.00. The molecule has 0 saturated carbocycles. The Morgan fingerprint density at radius 3 is 1.47 bits per heavy atom. The summed E-state index contributed by atoms with van der Waals surface area (Å²) in [5.74, 6) is 0.428. The number of nitrogens with zero attached hydrogens (tertiary/aromatic N) is 3. The summed E-state index contributed by atoms with van der Waals surface area (Å²) in [5.41, 5.74) is 4.44. The second-order valence-electron chi connectivity index (χ2n) is 11.2. The number of benzene rings is 7. The van der Waals surface area contributed by atoms with E-state index < -0.39 is 66.0 Å². The lowest BCUT2D eigenvalue weighted by atomic mass is 9.99. The predicted octanol–water partition coefficient (Wildman–Crippen LogP) is 12.2. The Morgan fingerprint density at radius 2 is 0.878 bits per heavy atom. The molecule has 0 unspecified atom stereocenters. The second-order valence-corrected chi connectivity index (χ2v) is 12.2. The van der Waals surface area contributed by atoms with Crippen LogP contribution in [-0.4, -0.2) is 15.0 Å². The van der Waals surface area contributed by atoms with Crippen LogP contribution in [0, 0.1) is 0 Å². The second kappa shape index (κ2) is 12.4. The molecule has 0 spiro atoms. The van der Waals surface area contributed by atoms with Gasteiger partial charge in [0.15, 0.2) is 17.5 Å². The number of rotatable bonds is 6. The maximum atomic E-state index is 9.78. The summed E-state index contributed by atoms with van der Waals surface area (Å²) in [6, 6.07) is 29.1. The fourth-order valence-corrected chi connectivity index (χ4v) is 6.80. The lowest BCUT2D eigenvalue weighted by molar-refractivity contribution is 1.08. The molecule has 0 aliphatic carbocycles. The molecule has 7 aromatic carbocycles. The Kier molecular flexibility index (Phi) is 4.96. The molecule has 0 saturated heterocycles. The number of hydrogen-bond acceptors (Lipinski definition) is 4. The van der Waals surface area contributed by atoms with E-state index in [1.807, 2.05) is 109 Å². The van der Waals surface area contributed by atoms with Gasteiger partial charge in [-0.3, -0.25) is 0 Å². The summed E-state index contributed by atoms with van der Waals surface area (Å²) in [7, 11) is 0. The molecule has 9 aromatic rings. The van der Waals surface area contributed by atoms with Crippen LogP contribution in [0.25, 0.3) is 87.7 Å². The van der Waals surface area contributed by atoms with E-state index in [9.17, 15) is 2.74 Å². The van der Waals surface area contributed by atoms with Gasteiger partial charge in [-0.1, -0.05) is 158 Å². The zero-order chi connectivity index (χ0) is 42.1. The van der Waals surface area contributed by atoms with Crippen LogP contribution < -0.4 is 0 Å². The molecule has 49 heavy (non-hydrogen) atoms. The quantitative estimate of drug-likeness (QED) is 0.179. The minimum Gasteiger partial charge on any atom is -0.208 e. The number of fused-ring (bicyclic) bond motifs is 3. The van der Waals surface area contributed by atoms with E-state index >= 15 is 0 Å². The Bertz CT molecular complexity index is 3060. The lowest BCUT2D eigenvalue weighted by Gasteiger charge is -2.12. The highest BCUT2D eigenvalue weighted by atomic mass is 32.1. The Hall–Kier alpha value is -6.23. The first-order valence-electron chi connectivity index (χ1n) is 21.0. The monoisotopic (exact) mass is 654 g/mol. The first-order valence-corrected chi connectivity index (χ1v) is 16.3. The van der Waals surface area contributed by atoms with Crippen LogP contribution in [0.5, 0.6) is 0 Å². The van der Waals surface area contributed by atoms with Crippen LogP contribution in [0.15, 0.2) is 176 Å². The molecule has 0 atom stereocenters. The van der Waals surface area contributed by atoms with Crippen LogP contribution >= 0.6 is 11.3 Å². The molecule has 230 valence electrons. The van der Waals surface area contributed by atoms with E-state index in [0.717, 1.165) is 33.6 Å². The molecule has 0 aliphatic heterocycles. The van der Waals surface area contributed by atoms with Gasteiger partial charge in [0.2, 0.25) is 0 Å². The summed E-state index contributed by atoms with van der Waals surface area (Å²) in [6.45, 7) is 0. The average molecular weight is 655 g/mol.